The molecule has 0 radical (unpaired) electrons. The molecular formula is C19H30NO+. The van der Waals surface area contributed by atoms with E-state index in [9.17, 15) is 0 Å². The van der Waals surface area contributed by atoms with Crippen molar-refractivity contribution in [1.29, 1.82) is 0 Å². The van der Waals surface area contributed by atoms with Gasteiger partial charge in [0, 0.05) is 12.3 Å². The Morgan fingerprint density at radius 2 is 2.29 bits per heavy atom. The van der Waals surface area contributed by atoms with Crippen LogP contribution in [0.3, 0.4) is 0 Å². The number of likely N-dealkylation sites (tertiary alicyclic amines) is 1. The standard InChI is InChI=1S/C19H29NO/c1-4-7-18-14-16(2)9-10-19(18)21-13-6-12-20-11-5-8-17(3)15-20/h4,9-10,14,17H,1,5-8,11-13,15H2,2-3H3/p+1/t17-/m0/s1. The van der Waals surface area contributed by atoms with Gasteiger partial charge in [-0.05, 0) is 37.8 Å². The number of hydrogen-bond acceptors (Lipinski definition) is 1. The van der Waals surface area contributed by atoms with Crippen molar-refractivity contribution < 1.29 is 9.64 Å². The van der Waals surface area contributed by atoms with E-state index < -0.39 is 0 Å². The normalized spacial score (nSPS) is 22.0. The molecular weight excluding hydrogens is 258 g/mol. The van der Waals surface area contributed by atoms with Crippen LogP contribution in [0.4, 0.5) is 0 Å². The van der Waals surface area contributed by atoms with E-state index in [1.165, 1.54) is 43.6 Å². The number of aryl methyl sites for hydroxylation is 1. The maximum absolute atomic E-state index is 6.00. The van der Waals surface area contributed by atoms with Gasteiger partial charge in [-0.15, -0.1) is 6.58 Å². The molecule has 1 aliphatic heterocycles. The van der Waals surface area contributed by atoms with E-state index >= 15 is 0 Å². The Bertz CT molecular complexity index is 455. The van der Waals surface area contributed by atoms with Crippen molar-refractivity contribution in [1.82, 2.24) is 0 Å². The molecule has 116 valence electrons. The molecule has 2 atom stereocenters. The van der Waals surface area contributed by atoms with Gasteiger partial charge in [-0.25, -0.2) is 0 Å². The third-order valence-electron chi connectivity index (χ3n) is 4.38. The lowest BCUT2D eigenvalue weighted by atomic mass is 10.0. The molecule has 1 N–H and O–H groups in total. The van der Waals surface area contributed by atoms with Gasteiger partial charge in [-0.2, -0.15) is 0 Å². The van der Waals surface area contributed by atoms with Gasteiger partial charge in [0.25, 0.3) is 0 Å². The van der Waals surface area contributed by atoms with Crippen molar-refractivity contribution in [2.24, 2.45) is 5.92 Å². The molecule has 0 amide bonds. The summed E-state index contributed by atoms with van der Waals surface area (Å²) in [5.41, 5.74) is 2.54. The lowest BCUT2D eigenvalue weighted by Gasteiger charge is -2.27. The van der Waals surface area contributed by atoms with Gasteiger partial charge in [0.15, 0.2) is 0 Å². The minimum absolute atomic E-state index is 0.824. The first-order valence-corrected chi connectivity index (χ1v) is 8.36. The smallest absolute Gasteiger partial charge is 0.122 e. The highest BCUT2D eigenvalue weighted by molar-refractivity contribution is 5.38. The maximum Gasteiger partial charge on any atom is 0.122 e. The maximum atomic E-state index is 6.00. The van der Waals surface area contributed by atoms with E-state index in [4.69, 9.17) is 4.74 Å². The number of rotatable bonds is 7. The van der Waals surface area contributed by atoms with E-state index in [1.807, 2.05) is 6.08 Å². The number of ether oxygens (including phenoxy) is 1. The predicted octanol–water partition coefficient (Wildman–Crippen LogP) is 2.81. The van der Waals surface area contributed by atoms with Crippen molar-refractivity contribution in [2.75, 3.05) is 26.2 Å². The predicted molar refractivity (Wildman–Crippen MR) is 89.2 cm³/mol. The van der Waals surface area contributed by atoms with Crippen molar-refractivity contribution in [2.45, 2.75) is 39.5 Å². The van der Waals surface area contributed by atoms with E-state index in [2.05, 4.69) is 38.6 Å². The highest BCUT2D eigenvalue weighted by atomic mass is 16.5. The molecule has 0 aromatic heterocycles. The Hall–Kier alpha value is -1.28. The van der Waals surface area contributed by atoms with Crippen LogP contribution in [0.2, 0.25) is 0 Å². The molecule has 2 nitrogen and oxygen atoms in total. The Morgan fingerprint density at radius 3 is 3.05 bits per heavy atom. The summed E-state index contributed by atoms with van der Waals surface area (Å²) < 4.78 is 6.00. The fourth-order valence-electron chi connectivity index (χ4n) is 3.29. The molecule has 21 heavy (non-hydrogen) atoms. The highest BCUT2D eigenvalue weighted by Crippen LogP contribution is 2.21. The van der Waals surface area contributed by atoms with Gasteiger partial charge >= 0.3 is 0 Å². The minimum atomic E-state index is 0.824. The molecule has 0 aliphatic carbocycles. The van der Waals surface area contributed by atoms with Gasteiger partial charge < -0.3 is 9.64 Å². The number of allylic oxidation sites excluding steroid dienone is 1. The second-order valence-corrected chi connectivity index (χ2v) is 6.51. The van der Waals surface area contributed by atoms with Crippen LogP contribution in [0.15, 0.2) is 30.9 Å². The van der Waals surface area contributed by atoms with Crippen LogP contribution in [-0.2, 0) is 6.42 Å². The molecule has 0 saturated carbocycles. The number of nitrogens with one attached hydrogen (secondary N) is 1. The summed E-state index contributed by atoms with van der Waals surface area (Å²) in [7, 11) is 0. The Balaban J connectivity index is 1.76. The fourth-order valence-corrected chi connectivity index (χ4v) is 3.29. The third-order valence-corrected chi connectivity index (χ3v) is 4.38. The second kappa shape index (κ2) is 8.23. The second-order valence-electron chi connectivity index (χ2n) is 6.51. The summed E-state index contributed by atoms with van der Waals surface area (Å²) in [6.45, 7) is 13.1. The minimum Gasteiger partial charge on any atom is -0.493 e. The average Bonchev–Trinajstić information content (AvgIpc) is 2.46. The van der Waals surface area contributed by atoms with Crippen molar-refractivity contribution in [3.8, 4) is 5.75 Å². The lowest BCUT2D eigenvalue weighted by molar-refractivity contribution is -0.908. The molecule has 1 heterocycles. The van der Waals surface area contributed by atoms with E-state index in [-0.39, 0.29) is 0 Å². The molecule has 2 heteroatoms. The van der Waals surface area contributed by atoms with Gasteiger partial charge in [0.2, 0.25) is 0 Å². The van der Waals surface area contributed by atoms with Crippen LogP contribution >= 0.6 is 0 Å². The Morgan fingerprint density at radius 1 is 1.43 bits per heavy atom. The van der Waals surface area contributed by atoms with E-state index in [1.54, 1.807) is 4.90 Å². The molecule has 2 rings (SSSR count). The molecule has 0 spiro atoms. The number of benzene rings is 1. The molecule has 1 unspecified atom stereocenters. The highest BCUT2D eigenvalue weighted by Gasteiger charge is 2.18. The zero-order chi connectivity index (χ0) is 15.1. The Labute approximate surface area is 129 Å². The number of hydrogen-bond donors (Lipinski definition) is 1. The van der Waals surface area contributed by atoms with E-state index in [0.717, 1.165) is 31.1 Å². The van der Waals surface area contributed by atoms with Gasteiger partial charge in [-0.3, -0.25) is 0 Å². The zero-order valence-electron chi connectivity index (χ0n) is 13.7. The number of piperidine rings is 1. The van der Waals surface area contributed by atoms with Crippen LogP contribution in [0.5, 0.6) is 5.75 Å². The summed E-state index contributed by atoms with van der Waals surface area (Å²) in [5, 5.41) is 0. The van der Waals surface area contributed by atoms with Gasteiger partial charge in [0.1, 0.15) is 5.75 Å². The summed E-state index contributed by atoms with van der Waals surface area (Å²) in [4.78, 5) is 1.76. The molecule has 1 aliphatic rings. The van der Waals surface area contributed by atoms with Crippen molar-refractivity contribution in [3.05, 3.63) is 42.0 Å². The van der Waals surface area contributed by atoms with Crippen LogP contribution in [-0.4, -0.2) is 26.2 Å². The fraction of sp³-hybridized carbons (Fsp3) is 0.579. The quantitative estimate of drug-likeness (QED) is 0.602. The largest absolute Gasteiger partial charge is 0.493 e. The topological polar surface area (TPSA) is 13.7 Å². The van der Waals surface area contributed by atoms with Crippen LogP contribution in [0, 0.1) is 12.8 Å². The third kappa shape index (κ3) is 5.20. The first kappa shape index (κ1) is 16.1. The van der Waals surface area contributed by atoms with E-state index in [0.29, 0.717) is 0 Å². The van der Waals surface area contributed by atoms with Gasteiger partial charge in [-0.1, -0.05) is 30.7 Å². The van der Waals surface area contributed by atoms with Gasteiger partial charge in [0.05, 0.1) is 26.2 Å². The summed E-state index contributed by atoms with van der Waals surface area (Å²) in [5.74, 6) is 1.92. The number of quaternary nitrogens is 1. The van der Waals surface area contributed by atoms with Crippen LogP contribution in [0.25, 0.3) is 0 Å². The monoisotopic (exact) mass is 288 g/mol. The summed E-state index contributed by atoms with van der Waals surface area (Å²) >= 11 is 0. The molecule has 1 saturated heterocycles. The lowest BCUT2D eigenvalue weighted by Crippen LogP contribution is -3.13. The Kier molecular flexibility index (Phi) is 6.31. The van der Waals surface area contributed by atoms with Crippen molar-refractivity contribution in [3.63, 3.8) is 0 Å². The van der Waals surface area contributed by atoms with Crippen LogP contribution in [0.1, 0.15) is 37.3 Å². The molecule has 1 aromatic carbocycles. The van der Waals surface area contributed by atoms with Crippen molar-refractivity contribution >= 4 is 0 Å². The first-order chi connectivity index (χ1) is 10.2. The molecule has 1 fully saturated rings. The first-order valence-electron chi connectivity index (χ1n) is 8.36. The molecule has 0 bridgehead atoms. The zero-order valence-corrected chi connectivity index (χ0v) is 13.7. The van der Waals surface area contributed by atoms with Crippen LogP contribution < -0.4 is 9.64 Å². The average molecular weight is 288 g/mol. The SMILES string of the molecule is C=CCc1cc(C)ccc1OCCC[NH+]1CCC[C@H](C)C1. The summed E-state index contributed by atoms with van der Waals surface area (Å²) in [6, 6.07) is 6.43. The summed E-state index contributed by atoms with van der Waals surface area (Å²) in [6.07, 6.45) is 6.77. The molecule has 1 aromatic rings.